The first kappa shape index (κ1) is 14.0. The van der Waals surface area contributed by atoms with Crippen LogP contribution in [0.5, 0.6) is 0 Å². The zero-order valence-corrected chi connectivity index (χ0v) is 11.4. The fourth-order valence-corrected chi connectivity index (χ4v) is 1.82. The van der Waals surface area contributed by atoms with E-state index in [2.05, 4.69) is 20.6 Å². The van der Waals surface area contributed by atoms with E-state index in [1.807, 2.05) is 13.0 Å². The van der Waals surface area contributed by atoms with Gasteiger partial charge in [0.05, 0.1) is 10.9 Å². The number of fused-ring (bicyclic) bond motifs is 1. The van der Waals surface area contributed by atoms with Crippen molar-refractivity contribution in [1.29, 1.82) is 0 Å². The van der Waals surface area contributed by atoms with Gasteiger partial charge in [-0.25, -0.2) is 4.98 Å². The molecule has 1 heterocycles. The van der Waals surface area contributed by atoms with E-state index in [1.165, 1.54) is 0 Å². The van der Waals surface area contributed by atoms with Gasteiger partial charge in [0.2, 0.25) is 11.9 Å². The van der Waals surface area contributed by atoms with E-state index < -0.39 is 0 Å². The van der Waals surface area contributed by atoms with Gasteiger partial charge in [-0.1, -0.05) is 19.1 Å². The topological polar surface area (TPSA) is 86.9 Å². The lowest BCUT2D eigenvalue weighted by molar-refractivity contribution is -0.120. The molecule has 0 aliphatic heterocycles. The number of aromatic nitrogens is 2. The Hall–Kier alpha value is -2.37. The molecule has 0 aliphatic carbocycles. The largest absolute Gasteiger partial charge is 0.356 e. The van der Waals surface area contributed by atoms with Crippen LogP contribution in [0.4, 0.5) is 5.95 Å². The second-order valence-corrected chi connectivity index (χ2v) is 4.46. The third-order valence-electron chi connectivity index (χ3n) is 2.83. The molecular weight excluding hydrogens is 256 g/mol. The highest BCUT2D eigenvalue weighted by molar-refractivity contribution is 5.78. The Bertz CT molecular complexity index is 651. The number of carbonyl (C=O) groups excluding carboxylic acids is 1. The molecule has 0 atom stereocenters. The molecule has 1 aromatic carbocycles. The van der Waals surface area contributed by atoms with Gasteiger partial charge in [-0.15, -0.1) is 0 Å². The number of nitrogens with zero attached hydrogens (tertiary/aromatic N) is 1. The first-order valence-corrected chi connectivity index (χ1v) is 6.70. The molecule has 1 amide bonds. The van der Waals surface area contributed by atoms with Crippen LogP contribution < -0.4 is 16.2 Å². The van der Waals surface area contributed by atoms with Crippen LogP contribution in [0.1, 0.15) is 19.8 Å². The van der Waals surface area contributed by atoms with Gasteiger partial charge in [0.15, 0.2) is 0 Å². The minimum absolute atomic E-state index is 0.0116. The summed E-state index contributed by atoms with van der Waals surface area (Å²) in [6, 6.07) is 7.13. The Morgan fingerprint density at radius 3 is 2.90 bits per heavy atom. The van der Waals surface area contributed by atoms with Crippen molar-refractivity contribution in [2.24, 2.45) is 0 Å². The molecule has 2 rings (SSSR count). The van der Waals surface area contributed by atoms with Crippen LogP contribution >= 0.6 is 0 Å². The quantitative estimate of drug-likeness (QED) is 0.740. The van der Waals surface area contributed by atoms with E-state index in [4.69, 9.17) is 0 Å². The molecule has 0 saturated carbocycles. The molecule has 0 fully saturated rings. The van der Waals surface area contributed by atoms with Gasteiger partial charge in [0, 0.05) is 19.5 Å². The Kier molecular flexibility index (Phi) is 4.70. The summed E-state index contributed by atoms with van der Waals surface area (Å²) in [6.45, 7) is 3.11. The highest BCUT2D eigenvalue weighted by Crippen LogP contribution is 2.07. The van der Waals surface area contributed by atoms with Crippen molar-refractivity contribution in [3.8, 4) is 0 Å². The maximum Gasteiger partial charge on any atom is 0.260 e. The Balaban J connectivity index is 1.97. The molecular formula is C14H18N4O2. The fraction of sp³-hybridized carbons (Fsp3) is 0.357. The van der Waals surface area contributed by atoms with E-state index in [0.29, 0.717) is 36.4 Å². The van der Waals surface area contributed by atoms with Crippen LogP contribution in [0.25, 0.3) is 10.9 Å². The summed E-state index contributed by atoms with van der Waals surface area (Å²) < 4.78 is 0. The van der Waals surface area contributed by atoms with Crippen LogP contribution in [0, 0.1) is 0 Å². The summed E-state index contributed by atoms with van der Waals surface area (Å²) in [6.07, 6.45) is 1.26. The molecule has 0 bridgehead atoms. The van der Waals surface area contributed by atoms with Crippen molar-refractivity contribution in [3.63, 3.8) is 0 Å². The van der Waals surface area contributed by atoms with E-state index in [-0.39, 0.29) is 11.5 Å². The molecule has 3 N–H and O–H groups in total. The number of anilines is 1. The van der Waals surface area contributed by atoms with Crippen molar-refractivity contribution < 1.29 is 4.79 Å². The highest BCUT2D eigenvalue weighted by Gasteiger charge is 2.04. The lowest BCUT2D eigenvalue weighted by atomic mass is 10.2. The third kappa shape index (κ3) is 3.57. The van der Waals surface area contributed by atoms with E-state index in [0.717, 1.165) is 6.42 Å². The monoisotopic (exact) mass is 274 g/mol. The van der Waals surface area contributed by atoms with Gasteiger partial charge in [0.1, 0.15) is 0 Å². The number of para-hydroxylation sites is 1. The van der Waals surface area contributed by atoms with Crippen LogP contribution in [-0.2, 0) is 4.79 Å². The Labute approximate surface area is 116 Å². The summed E-state index contributed by atoms with van der Waals surface area (Å²) in [5.74, 6) is 0.375. The predicted molar refractivity (Wildman–Crippen MR) is 78.8 cm³/mol. The predicted octanol–water partition coefficient (Wildman–Crippen LogP) is 1.25. The van der Waals surface area contributed by atoms with Gasteiger partial charge >= 0.3 is 0 Å². The average molecular weight is 274 g/mol. The number of nitrogens with one attached hydrogen (secondary N) is 3. The number of amides is 1. The first-order valence-electron chi connectivity index (χ1n) is 6.70. The lowest BCUT2D eigenvalue weighted by Crippen LogP contribution is -2.26. The number of rotatable bonds is 6. The summed E-state index contributed by atoms with van der Waals surface area (Å²) in [4.78, 5) is 30.2. The summed E-state index contributed by atoms with van der Waals surface area (Å²) in [5, 5.41) is 6.30. The average Bonchev–Trinajstić information content (AvgIpc) is 2.45. The lowest BCUT2D eigenvalue weighted by Gasteiger charge is -2.06. The molecule has 6 heteroatoms. The van der Waals surface area contributed by atoms with Crippen LogP contribution in [0.15, 0.2) is 29.1 Å². The molecule has 6 nitrogen and oxygen atoms in total. The maximum absolute atomic E-state index is 11.8. The van der Waals surface area contributed by atoms with Crippen LogP contribution in [0.2, 0.25) is 0 Å². The van der Waals surface area contributed by atoms with Crippen molar-refractivity contribution in [2.75, 3.05) is 18.4 Å². The minimum Gasteiger partial charge on any atom is -0.356 e. The van der Waals surface area contributed by atoms with Gasteiger partial charge < -0.3 is 10.6 Å². The number of carbonyl (C=O) groups is 1. The number of hydrogen-bond acceptors (Lipinski definition) is 4. The van der Waals surface area contributed by atoms with E-state index in [1.54, 1.807) is 18.2 Å². The highest BCUT2D eigenvalue weighted by atomic mass is 16.1. The molecule has 20 heavy (non-hydrogen) atoms. The maximum atomic E-state index is 11.8. The van der Waals surface area contributed by atoms with Crippen molar-refractivity contribution in [3.05, 3.63) is 34.6 Å². The van der Waals surface area contributed by atoms with Crippen molar-refractivity contribution in [2.45, 2.75) is 19.8 Å². The smallest absolute Gasteiger partial charge is 0.260 e. The standard InChI is InChI=1S/C14H18N4O2/c1-2-8-15-12(19)7-9-16-14-17-11-6-4-3-5-10(11)13(20)18-14/h3-6H,2,7-9H2,1H3,(H,15,19)(H2,16,17,18,20). The Morgan fingerprint density at radius 2 is 2.10 bits per heavy atom. The van der Waals surface area contributed by atoms with E-state index >= 15 is 0 Å². The van der Waals surface area contributed by atoms with Gasteiger partial charge in [-0.2, -0.15) is 0 Å². The molecule has 2 aromatic rings. The van der Waals surface area contributed by atoms with Crippen LogP contribution in [-0.4, -0.2) is 29.0 Å². The number of aromatic amines is 1. The third-order valence-corrected chi connectivity index (χ3v) is 2.83. The zero-order chi connectivity index (χ0) is 14.4. The second kappa shape index (κ2) is 6.70. The van der Waals surface area contributed by atoms with Crippen molar-refractivity contribution >= 4 is 22.8 Å². The zero-order valence-electron chi connectivity index (χ0n) is 11.4. The SMILES string of the molecule is CCCNC(=O)CCNc1nc2ccccc2c(=O)[nH]1. The van der Waals surface area contributed by atoms with Crippen LogP contribution in [0.3, 0.4) is 0 Å². The molecule has 106 valence electrons. The van der Waals surface area contributed by atoms with Gasteiger partial charge in [-0.05, 0) is 18.6 Å². The molecule has 0 unspecified atom stereocenters. The number of benzene rings is 1. The molecule has 0 saturated heterocycles. The second-order valence-electron chi connectivity index (χ2n) is 4.46. The summed E-state index contributed by atoms with van der Waals surface area (Å²) in [7, 11) is 0. The number of hydrogen-bond donors (Lipinski definition) is 3. The fourth-order valence-electron chi connectivity index (χ4n) is 1.82. The van der Waals surface area contributed by atoms with Crippen molar-refractivity contribution in [1.82, 2.24) is 15.3 Å². The normalized spacial score (nSPS) is 10.4. The summed E-state index contributed by atoms with van der Waals surface area (Å²) in [5.41, 5.74) is 0.447. The molecule has 0 aliphatic rings. The summed E-state index contributed by atoms with van der Waals surface area (Å²) >= 11 is 0. The van der Waals surface area contributed by atoms with Gasteiger partial charge in [0.25, 0.3) is 5.56 Å². The number of H-pyrrole nitrogens is 1. The first-order chi connectivity index (χ1) is 9.70. The molecule has 0 radical (unpaired) electrons. The Morgan fingerprint density at radius 1 is 1.30 bits per heavy atom. The molecule has 0 spiro atoms. The minimum atomic E-state index is -0.187. The van der Waals surface area contributed by atoms with Gasteiger partial charge in [-0.3, -0.25) is 14.6 Å². The van der Waals surface area contributed by atoms with E-state index in [9.17, 15) is 9.59 Å². The molecule has 1 aromatic heterocycles.